The normalized spacial score (nSPS) is 19.1. The zero-order valence-electron chi connectivity index (χ0n) is 14.6. The van der Waals surface area contributed by atoms with Gasteiger partial charge in [0, 0.05) is 24.2 Å². The van der Waals surface area contributed by atoms with E-state index in [2.05, 4.69) is 49.2 Å². The average Bonchev–Trinajstić information content (AvgIpc) is 3.02. The molecule has 2 aromatic rings. The highest BCUT2D eigenvalue weighted by atomic mass is 15.3. The zero-order chi connectivity index (χ0) is 17.7. The van der Waals surface area contributed by atoms with Crippen LogP contribution in [0.5, 0.6) is 0 Å². The fourth-order valence-corrected chi connectivity index (χ4v) is 3.00. The number of benzene rings is 2. The van der Waals surface area contributed by atoms with Gasteiger partial charge in [-0.3, -0.25) is 0 Å². The zero-order valence-corrected chi connectivity index (χ0v) is 14.6. The van der Waals surface area contributed by atoms with Crippen LogP contribution < -0.4 is 0 Å². The topological polar surface area (TPSA) is 28.0 Å². The summed E-state index contributed by atoms with van der Waals surface area (Å²) < 4.78 is 0. The molecule has 3 rings (SSSR count). The van der Waals surface area contributed by atoms with E-state index in [9.17, 15) is 0 Å². The van der Waals surface area contributed by atoms with Crippen molar-refractivity contribution in [3.63, 3.8) is 0 Å². The number of rotatable bonds is 6. The van der Waals surface area contributed by atoms with Gasteiger partial charge in [-0.2, -0.15) is 0 Å². The van der Waals surface area contributed by atoms with Crippen LogP contribution in [0.3, 0.4) is 0 Å². The van der Waals surface area contributed by atoms with Gasteiger partial charge >= 0.3 is 0 Å². The molecule has 0 N–H and O–H groups in total. The molecule has 0 fully saturated rings. The minimum absolute atomic E-state index is 0.623. The van der Waals surface area contributed by atoms with Gasteiger partial charge in [0.15, 0.2) is 11.5 Å². The molecule has 0 bridgehead atoms. The van der Waals surface area contributed by atoms with E-state index >= 15 is 0 Å². The molecule has 25 heavy (non-hydrogen) atoms. The smallest absolute Gasteiger partial charge is 0.176 e. The van der Waals surface area contributed by atoms with Gasteiger partial charge in [-0.25, -0.2) is 9.98 Å². The van der Waals surface area contributed by atoms with Gasteiger partial charge in [0.1, 0.15) is 5.71 Å². The van der Waals surface area contributed by atoms with E-state index in [-0.39, 0.29) is 0 Å². The summed E-state index contributed by atoms with van der Waals surface area (Å²) in [5, 5.41) is 0. The van der Waals surface area contributed by atoms with E-state index in [4.69, 9.17) is 9.98 Å². The first-order chi connectivity index (χ1) is 12.2. The summed E-state index contributed by atoms with van der Waals surface area (Å²) in [5.41, 5.74) is 2.44. The molecule has 1 aliphatic rings. The molecule has 1 atom stereocenters. The van der Waals surface area contributed by atoms with Crippen molar-refractivity contribution in [2.45, 2.75) is 12.6 Å². The standard InChI is InChI=1S/C22H23N3/c1-4-16-25(17-5-2)21-20(18-12-8-6-9-13-18)23-22(3,24-21)19-14-10-7-11-15-19/h4-15H,1-2,16-17H2,3H3. The average molecular weight is 329 g/mol. The Morgan fingerprint density at radius 1 is 0.880 bits per heavy atom. The Bertz CT molecular complexity index is 796. The summed E-state index contributed by atoms with van der Waals surface area (Å²) in [7, 11) is 0. The lowest BCUT2D eigenvalue weighted by molar-refractivity contribution is 0.495. The summed E-state index contributed by atoms with van der Waals surface area (Å²) in [6.45, 7) is 11.2. The SMILES string of the molecule is C=CCN(CC=C)C1=NC(C)(c2ccccc2)N=C1c1ccccc1. The molecule has 2 aromatic carbocycles. The van der Waals surface area contributed by atoms with Crippen LogP contribution >= 0.6 is 0 Å². The Morgan fingerprint density at radius 2 is 1.44 bits per heavy atom. The fourth-order valence-electron chi connectivity index (χ4n) is 3.00. The molecule has 126 valence electrons. The van der Waals surface area contributed by atoms with Crippen LogP contribution in [0.15, 0.2) is 96.0 Å². The summed E-state index contributed by atoms with van der Waals surface area (Å²) in [5.74, 6) is 0.886. The Hall–Kier alpha value is -2.94. The predicted molar refractivity (Wildman–Crippen MR) is 106 cm³/mol. The van der Waals surface area contributed by atoms with Gasteiger partial charge in [0.2, 0.25) is 0 Å². The van der Waals surface area contributed by atoms with E-state index in [0.29, 0.717) is 13.1 Å². The van der Waals surface area contributed by atoms with Crippen LogP contribution in [0.1, 0.15) is 18.1 Å². The number of hydrogen-bond acceptors (Lipinski definition) is 3. The van der Waals surface area contributed by atoms with Crippen molar-refractivity contribution in [1.29, 1.82) is 0 Å². The molecule has 1 aliphatic heterocycles. The lowest BCUT2D eigenvalue weighted by Gasteiger charge is -2.23. The molecular weight excluding hydrogens is 306 g/mol. The van der Waals surface area contributed by atoms with Gasteiger partial charge in [0.05, 0.1) is 0 Å². The van der Waals surface area contributed by atoms with Gasteiger partial charge in [-0.1, -0.05) is 72.8 Å². The minimum atomic E-state index is -0.623. The van der Waals surface area contributed by atoms with Crippen LogP contribution in [0.2, 0.25) is 0 Å². The lowest BCUT2D eigenvalue weighted by Crippen LogP contribution is -2.36. The lowest BCUT2D eigenvalue weighted by atomic mass is 10.0. The van der Waals surface area contributed by atoms with Gasteiger partial charge < -0.3 is 4.90 Å². The molecule has 0 amide bonds. The van der Waals surface area contributed by atoms with Gasteiger partial charge in [-0.15, -0.1) is 13.2 Å². The van der Waals surface area contributed by atoms with Crippen LogP contribution in [0.25, 0.3) is 0 Å². The second-order valence-electron chi connectivity index (χ2n) is 6.13. The van der Waals surface area contributed by atoms with Crippen LogP contribution in [-0.4, -0.2) is 29.5 Å². The van der Waals surface area contributed by atoms with E-state index in [0.717, 1.165) is 22.7 Å². The molecule has 1 heterocycles. The first kappa shape index (κ1) is 16.9. The fraction of sp³-hybridized carbons (Fsp3) is 0.182. The maximum atomic E-state index is 5.03. The molecule has 0 saturated carbocycles. The first-order valence-electron chi connectivity index (χ1n) is 8.45. The van der Waals surface area contributed by atoms with Gasteiger partial charge in [-0.05, 0) is 6.92 Å². The monoisotopic (exact) mass is 329 g/mol. The van der Waals surface area contributed by atoms with Gasteiger partial charge in [0.25, 0.3) is 0 Å². The van der Waals surface area contributed by atoms with Crippen molar-refractivity contribution >= 4 is 11.5 Å². The molecule has 0 aliphatic carbocycles. The highest BCUT2D eigenvalue weighted by Crippen LogP contribution is 2.33. The largest absolute Gasteiger partial charge is 0.348 e. The third-order valence-corrected chi connectivity index (χ3v) is 4.23. The molecule has 0 radical (unpaired) electrons. The van der Waals surface area contributed by atoms with Crippen molar-refractivity contribution < 1.29 is 0 Å². The van der Waals surface area contributed by atoms with Crippen LogP contribution in [0, 0.1) is 0 Å². The summed E-state index contributed by atoms with van der Waals surface area (Å²) >= 11 is 0. The second kappa shape index (κ2) is 7.31. The molecular formula is C22H23N3. The minimum Gasteiger partial charge on any atom is -0.348 e. The summed E-state index contributed by atoms with van der Waals surface area (Å²) in [6.07, 6.45) is 3.76. The number of nitrogens with zero attached hydrogens (tertiary/aromatic N) is 3. The van der Waals surface area contributed by atoms with Crippen LogP contribution in [-0.2, 0) is 5.66 Å². The Morgan fingerprint density at radius 3 is 2.00 bits per heavy atom. The second-order valence-corrected chi connectivity index (χ2v) is 6.13. The number of aliphatic imine (C=N–C) groups is 2. The van der Waals surface area contributed by atoms with Crippen molar-refractivity contribution in [1.82, 2.24) is 4.90 Å². The van der Waals surface area contributed by atoms with Crippen LogP contribution in [0.4, 0.5) is 0 Å². The highest BCUT2D eigenvalue weighted by molar-refractivity contribution is 6.48. The summed E-state index contributed by atoms with van der Waals surface area (Å²) in [6, 6.07) is 20.4. The molecule has 0 saturated heterocycles. The number of hydrogen-bond donors (Lipinski definition) is 0. The van der Waals surface area contributed by atoms with E-state index in [1.165, 1.54) is 0 Å². The van der Waals surface area contributed by atoms with E-state index in [1.807, 2.05) is 48.6 Å². The maximum absolute atomic E-state index is 5.03. The Kier molecular flexibility index (Phi) is 4.94. The highest BCUT2D eigenvalue weighted by Gasteiger charge is 2.35. The van der Waals surface area contributed by atoms with Crippen molar-refractivity contribution in [3.05, 3.63) is 97.1 Å². The van der Waals surface area contributed by atoms with E-state index in [1.54, 1.807) is 0 Å². The van der Waals surface area contributed by atoms with Crippen molar-refractivity contribution in [3.8, 4) is 0 Å². The quantitative estimate of drug-likeness (QED) is 0.720. The predicted octanol–water partition coefficient (Wildman–Crippen LogP) is 4.43. The number of amidine groups is 1. The molecule has 3 nitrogen and oxygen atoms in total. The molecule has 3 heteroatoms. The third-order valence-electron chi connectivity index (χ3n) is 4.23. The molecule has 1 unspecified atom stereocenters. The third kappa shape index (κ3) is 3.45. The van der Waals surface area contributed by atoms with E-state index < -0.39 is 5.66 Å². The summed E-state index contributed by atoms with van der Waals surface area (Å²) in [4.78, 5) is 12.2. The molecule has 0 aromatic heterocycles. The van der Waals surface area contributed by atoms with Crippen molar-refractivity contribution in [2.24, 2.45) is 9.98 Å². The molecule has 0 spiro atoms. The Balaban J connectivity index is 2.12. The van der Waals surface area contributed by atoms with Crippen molar-refractivity contribution in [2.75, 3.05) is 13.1 Å². The maximum Gasteiger partial charge on any atom is 0.176 e. The first-order valence-corrected chi connectivity index (χ1v) is 8.45. The Labute approximate surface area is 149 Å².